The first-order valence-corrected chi connectivity index (χ1v) is 11.7. The fourth-order valence-electron chi connectivity index (χ4n) is 3.61. The molecule has 8 nitrogen and oxygen atoms in total. The van der Waals surface area contributed by atoms with E-state index in [0.717, 1.165) is 15.9 Å². The number of imidazole rings is 1. The van der Waals surface area contributed by atoms with Crippen molar-refractivity contribution in [3.05, 3.63) is 30.1 Å². The molecular formula is C22H30FN7OS. The molecule has 0 atom stereocenters. The van der Waals surface area contributed by atoms with Gasteiger partial charge in [-0.05, 0) is 46.8 Å². The van der Waals surface area contributed by atoms with Gasteiger partial charge in [0.05, 0.1) is 0 Å². The van der Waals surface area contributed by atoms with Crippen molar-refractivity contribution in [2.45, 2.75) is 46.2 Å². The molecule has 0 radical (unpaired) electrons. The molecule has 2 amide bonds. The number of carbonyl (C=O) groups is 1. The summed E-state index contributed by atoms with van der Waals surface area (Å²) in [6.45, 7) is 12.8. The van der Waals surface area contributed by atoms with E-state index in [1.165, 1.54) is 23.5 Å². The molecule has 4 rings (SSSR count). The van der Waals surface area contributed by atoms with E-state index in [4.69, 9.17) is 10.1 Å². The summed E-state index contributed by atoms with van der Waals surface area (Å²) in [6.07, 6.45) is 0. The third-order valence-electron chi connectivity index (χ3n) is 5.03. The van der Waals surface area contributed by atoms with Gasteiger partial charge in [0, 0.05) is 43.3 Å². The molecule has 1 fully saturated rings. The Balaban J connectivity index is 1.60. The number of benzene rings is 1. The number of urea groups is 1. The van der Waals surface area contributed by atoms with Gasteiger partial charge in [0.15, 0.2) is 5.82 Å². The highest BCUT2D eigenvalue weighted by Gasteiger charge is 2.26. The van der Waals surface area contributed by atoms with Crippen molar-refractivity contribution in [2.75, 3.05) is 36.4 Å². The first-order valence-electron chi connectivity index (χ1n) is 10.8. The molecule has 1 aliphatic heterocycles. The van der Waals surface area contributed by atoms with Gasteiger partial charge in [0.25, 0.3) is 0 Å². The van der Waals surface area contributed by atoms with Crippen LogP contribution in [0.4, 0.5) is 20.1 Å². The summed E-state index contributed by atoms with van der Waals surface area (Å²) in [7, 11) is 0. The largest absolute Gasteiger partial charge is 0.364 e. The number of carbonyl (C=O) groups excluding carboxylic acids is 1. The molecule has 172 valence electrons. The average molecular weight is 460 g/mol. The van der Waals surface area contributed by atoms with Crippen LogP contribution in [0.15, 0.2) is 24.3 Å². The Labute approximate surface area is 191 Å². The molecule has 0 saturated carbocycles. The number of hydrogen-bond donors (Lipinski definition) is 2. The van der Waals surface area contributed by atoms with E-state index in [1.807, 2.05) is 29.3 Å². The number of nitrogens with zero attached hydrogens (tertiary/aromatic N) is 5. The molecule has 1 aliphatic rings. The SMILES string of the molecule is CC(C)NC(=O)N1CCN(c2nn3c(NC(C)(C)C)c(-c4cccc(F)c4)nc3s2)CC1. The van der Waals surface area contributed by atoms with Gasteiger partial charge in [0.1, 0.15) is 11.5 Å². The second-order valence-electron chi connectivity index (χ2n) is 9.35. The number of amides is 2. The summed E-state index contributed by atoms with van der Waals surface area (Å²) in [5.41, 5.74) is 1.16. The topological polar surface area (TPSA) is 77.8 Å². The third kappa shape index (κ3) is 4.79. The van der Waals surface area contributed by atoms with Crippen LogP contribution in [0.3, 0.4) is 0 Å². The number of rotatable bonds is 4. The fourth-order valence-corrected chi connectivity index (χ4v) is 4.56. The summed E-state index contributed by atoms with van der Waals surface area (Å²) >= 11 is 1.50. The van der Waals surface area contributed by atoms with E-state index in [-0.39, 0.29) is 23.4 Å². The van der Waals surface area contributed by atoms with Crippen molar-refractivity contribution in [3.63, 3.8) is 0 Å². The highest BCUT2D eigenvalue weighted by atomic mass is 32.1. The van der Waals surface area contributed by atoms with E-state index in [0.29, 0.717) is 37.4 Å². The van der Waals surface area contributed by atoms with Gasteiger partial charge < -0.3 is 20.4 Å². The van der Waals surface area contributed by atoms with Crippen LogP contribution in [0, 0.1) is 5.82 Å². The van der Waals surface area contributed by atoms with Crippen molar-refractivity contribution in [1.82, 2.24) is 24.8 Å². The van der Waals surface area contributed by atoms with Crippen molar-refractivity contribution in [3.8, 4) is 11.3 Å². The lowest BCUT2D eigenvalue weighted by atomic mass is 10.1. The number of hydrogen-bond acceptors (Lipinski definition) is 6. The van der Waals surface area contributed by atoms with Gasteiger partial charge in [-0.1, -0.05) is 23.5 Å². The van der Waals surface area contributed by atoms with Gasteiger partial charge in [0.2, 0.25) is 10.1 Å². The number of anilines is 2. The van der Waals surface area contributed by atoms with Crippen LogP contribution in [0.1, 0.15) is 34.6 Å². The van der Waals surface area contributed by atoms with Gasteiger partial charge in [-0.15, -0.1) is 5.10 Å². The minimum absolute atomic E-state index is 0.0232. The van der Waals surface area contributed by atoms with Crippen LogP contribution in [0.2, 0.25) is 0 Å². The fraction of sp³-hybridized carbons (Fsp3) is 0.500. The second kappa shape index (κ2) is 8.57. The number of halogens is 1. The molecule has 32 heavy (non-hydrogen) atoms. The minimum Gasteiger partial charge on any atom is -0.364 e. The van der Waals surface area contributed by atoms with E-state index in [9.17, 15) is 9.18 Å². The molecule has 10 heteroatoms. The summed E-state index contributed by atoms with van der Waals surface area (Å²) in [6, 6.07) is 6.55. The average Bonchev–Trinajstić information content (AvgIpc) is 3.26. The Hall–Kier alpha value is -2.88. The zero-order valence-corrected chi connectivity index (χ0v) is 20.0. The monoisotopic (exact) mass is 459 g/mol. The Morgan fingerprint density at radius 1 is 1.19 bits per heavy atom. The van der Waals surface area contributed by atoms with Crippen LogP contribution >= 0.6 is 11.3 Å². The van der Waals surface area contributed by atoms with E-state index >= 15 is 0 Å². The first-order chi connectivity index (χ1) is 15.1. The smallest absolute Gasteiger partial charge is 0.317 e. The van der Waals surface area contributed by atoms with Gasteiger partial charge in [-0.3, -0.25) is 0 Å². The highest BCUT2D eigenvalue weighted by molar-refractivity contribution is 7.20. The zero-order valence-electron chi connectivity index (χ0n) is 19.1. The second-order valence-corrected chi connectivity index (χ2v) is 10.3. The van der Waals surface area contributed by atoms with E-state index < -0.39 is 0 Å². The maximum Gasteiger partial charge on any atom is 0.317 e. The van der Waals surface area contributed by atoms with Crippen LogP contribution in [-0.2, 0) is 0 Å². The van der Waals surface area contributed by atoms with Gasteiger partial charge >= 0.3 is 6.03 Å². The number of fused-ring (bicyclic) bond motifs is 1. The third-order valence-corrected chi connectivity index (χ3v) is 6.00. The number of aromatic nitrogens is 3. The molecule has 2 N–H and O–H groups in total. The molecule has 0 unspecified atom stereocenters. The number of nitrogens with one attached hydrogen (secondary N) is 2. The Bertz CT molecular complexity index is 1110. The van der Waals surface area contributed by atoms with Crippen LogP contribution in [0.25, 0.3) is 16.2 Å². The van der Waals surface area contributed by atoms with Gasteiger partial charge in [-0.2, -0.15) is 4.52 Å². The van der Waals surface area contributed by atoms with Crippen molar-refractivity contribution >= 4 is 33.3 Å². The normalized spacial score (nSPS) is 15.0. The Morgan fingerprint density at radius 2 is 1.91 bits per heavy atom. The molecule has 1 aromatic carbocycles. The molecule has 0 aliphatic carbocycles. The summed E-state index contributed by atoms with van der Waals surface area (Å²) in [5, 5.41) is 12.1. The van der Waals surface area contributed by atoms with Crippen LogP contribution in [-0.4, -0.2) is 63.3 Å². The maximum absolute atomic E-state index is 13.9. The number of piperazine rings is 1. The molecule has 1 saturated heterocycles. The lowest BCUT2D eigenvalue weighted by Gasteiger charge is -2.34. The van der Waals surface area contributed by atoms with Crippen molar-refractivity contribution < 1.29 is 9.18 Å². The molecule has 3 heterocycles. The van der Waals surface area contributed by atoms with Crippen molar-refractivity contribution in [1.29, 1.82) is 0 Å². The minimum atomic E-state index is -0.298. The van der Waals surface area contributed by atoms with Crippen LogP contribution in [0.5, 0.6) is 0 Å². The molecule has 3 aromatic rings. The standard InChI is InChI=1S/C22H30FN7OS/c1-14(2)24-19(31)28-9-11-29(12-10-28)21-27-30-18(26-22(3,4)5)17(25-20(30)32-21)15-7-6-8-16(23)13-15/h6-8,13-14,26H,9-12H2,1-5H3,(H,24,31). The lowest BCUT2D eigenvalue weighted by molar-refractivity contribution is 0.192. The molecule has 0 bridgehead atoms. The Kier molecular flexibility index (Phi) is 5.98. The summed E-state index contributed by atoms with van der Waals surface area (Å²) in [4.78, 5) is 21.8. The van der Waals surface area contributed by atoms with Gasteiger partial charge in [-0.25, -0.2) is 14.2 Å². The predicted octanol–water partition coefficient (Wildman–Crippen LogP) is 4.05. The highest BCUT2D eigenvalue weighted by Crippen LogP contribution is 2.35. The lowest BCUT2D eigenvalue weighted by Crippen LogP contribution is -2.52. The molecule has 2 aromatic heterocycles. The van der Waals surface area contributed by atoms with Crippen molar-refractivity contribution in [2.24, 2.45) is 0 Å². The van der Waals surface area contributed by atoms with E-state index in [2.05, 4.69) is 36.3 Å². The quantitative estimate of drug-likeness (QED) is 0.616. The Morgan fingerprint density at radius 3 is 2.53 bits per heavy atom. The van der Waals surface area contributed by atoms with E-state index in [1.54, 1.807) is 6.07 Å². The van der Waals surface area contributed by atoms with Crippen LogP contribution < -0.4 is 15.5 Å². The first kappa shape index (κ1) is 22.3. The zero-order chi connectivity index (χ0) is 23.0. The summed E-state index contributed by atoms with van der Waals surface area (Å²) in [5.74, 6) is 0.448. The summed E-state index contributed by atoms with van der Waals surface area (Å²) < 4.78 is 15.7. The molecular weight excluding hydrogens is 429 g/mol. The maximum atomic E-state index is 13.9. The molecule has 0 spiro atoms. The predicted molar refractivity (Wildman–Crippen MR) is 127 cm³/mol.